The number of likely N-dealkylation sites (tertiary alicyclic amines) is 1. The third-order valence-corrected chi connectivity index (χ3v) is 4.93. The maximum atomic E-state index is 14.0. The fraction of sp³-hybridized carbons (Fsp3) is 0.682. The molecule has 0 radical (unpaired) electrons. The van der Waals surface area contributed by atoms with Gasteiger partial charge in [-0.2, -0.15) is 0 Å². The lowest BCUT2D eigenvalue weighted by Gasteiger charge is -2.34. The number of nitrogens with zero attached hydrogens (tertiary/aromatic N) is 3. The topological polar surface area (TPSA) is 49.3 Å². The molecule has 0 unspecified atom stereocenters. The zero-order valence-corrected chi connectivity index (χ0v) is 18.4. The van der Waals surface area contributed by atoms with E-state index in [1.54, 1.807) is 13.2 Å². The number of guanidine groups is 1. The Morgan fingerprint density at radius 3 is 2.69 bits per heavy atom. The summed E-state index contributed by atoms with van der Waals surface area (Å²) in [7, 11) is 5.60. The fourth-order valence-electron chi connectivity index (χ4n) is 3.47. The maximum Gasteiger partial charge on any atom is 0.194 e. The number of methoxy groups -OCH3 is 1. The highest BCUT2D eigenvalue weighted by Crippen LogP contribution is 2.16. The van der Waals surface area contributed by atoms with Gasteiger partial charge in [0.15, 0.2) is 5.96 Å². The molecular weight excluding hydrogens is 371 g/mol. The van der Waals surface area contributed by atoms with Gasteiger partial charge in [-0.15, -0.1) is 0 Å². The van der Waals surface area contributed by atoms with E-state index in [0.29, 0.717) is 24.8 Å². The second kappa shape index (κ2) is 12.8. The molecule has 0 bridgehead atoms. The van der Waals surface area contributed by atoms with Crippen LogP contribution in [0.1, 0.15) is 37.3 Å². The van der Waals surface area contributed by atoms with Gasteiger partial charge in [0.2, 0.25) is 0 Å². The molecule has 1 fully saturated rings. The molecular formula is C22H37FN4O2. The first-order chi connectivity index (χ1) is 14.0. The first-order valence-electron chi connectivity index (χ1n) is 10.6. The Hall–Kier alpha value is -1.70. The zero-order valence-electron chi connectivity index (χ0n) is 18.4. The summed E-state index contributed by atoms with van der Waals surface area (Å²) >= 11 is 0. The van der Waals surface area contributed by atoms with Gasteiger partial charge >= 0.3 is 0 Å². The molecule has 1 aliphatic heterocycles. The maximum absolute atomic E-state index is 14.0. The molecule has 0 aliphatic carbocycles. The highest BCUT2D eigenvalue weighted by atomic mass is 19.1. The molecule has 164 valence electrons. The van der Waals surface area contributed by atoms with Gasteiger partial charge in [-0.3, -0.25) is 0 Å². The number of piperidine rings is 1. The summed E-state index contributed by atoms with van der Waals surface area (Å²) in [5, 5.41) is 3.39. The first kappa shape index (κ1) is 23.6. The molecule has 1 aliphatic rings. The van der Waals surface area contributed by atoms with Crippen LogP contribution < -0.4 is 5.32 Å². The predicted octanol–water partition coefficient (Wildman–Crippen LogP) is 2.87. The predicted molar refractivity (Wildman–Crippen MR) is 116 cm³/mol. The van der Waals surface area contributed by atoms with Crippen molar-refractivity contribution in [3.05, 3.63) is 35.1 Å². The minimum atomic E-state index is -0.161. The van der Waals surface area contributed by atoms with Crippen LogP contribution in [0.15, 0.2) is 23.2 Å². The van der Waals surface area contributed by atoms with Gasteiger partial charge in [0, 0.05) is 52.1 Å². The Bertz CT molecular complexity index is 631. The number of aliphatic imine (C=N–C) groups is 1. The molecule has 1 heterocycles. The average Bonchev–Trinajstić information content (AvgIpc) is 2.71. The van der Waals surface area contributed by atoms with Crippen LogP contribution in [0.4, 0.5) is 4.39 Å². The van der Waals surface area contributed by atoms with Crippen molar-refractivity contribution in [1.82, 2.24) is 15.1 Å². The van der Waals surface area contributed by atoms with Gasteiger partial charge in [-0.25, -0.2) is 9.38 Å². The van der Waals surface area contributed by atoms with Crippen LogP contribution in [0.3, 0.4) is 0 Å². The van der Waals surface area contributed by atoms with Crippen LogP contribution in [0.5, 0.6) is 0 Å². The number of halogens is 1. The molecule has 0 aromatic heterocycles. The van der Waals surface area contributed by atoms with Crippen molar-refractivity contribution in [1.29, 1.82) is 0 Å². The Morgan fingerprint density at radius 1 is 1.28 bits per heavy atom. The van der Waals surface area contributed by atoms with E-state index in [1.807, 2.05) is 31.1 Å². The van der Waals surface area contributed by atoms with Crippen LogP contribution in [0.2, 0.25) is 0 Å². The standard InChI is InChI=1S/C22H37FN4O2/c1-5-24-22(27-11-9-20(10-12-27)29-14-6-13-28-4)25-16-18-7-8-21(23)19(15-18)17-26(2)3/h7-8,15,20H,5-6,9-14,16-17H2,1-4H3,(H,24,25). The van der Waals surface area contributed by atoms with Gasteiger partial charge in [0.05, 0.1) is 12.6 Å². The summed E-state index contributed by atoms with van der Waals surface area (Å²) in [5.41, 5.74) is 1.73. The summed E-state index contributed by atoms with van der Waals surface area (Å²) in [6.45, 7) is 7.38. The molecule has 6 nitrogen and oxygen atoms in total. The van der Waals surface area contributed by atoms with Crippen LogP contribution in [-0.2, 0) is 22.6 Å². The Morgan fingerprint density at radius 2 is 2.03 bits per heavy atom. The van der Waals surface area contributed by atoms with Crippen molar-refractivity contribution in [3.8, 4) is 0 Å². The van der Waals surface area contributed by atoms with E-state index in [4.69, 9.17) is 14.5 Å². The SMILES string of the molecule is CCNC(=NCc1ccc(F)c(CN(C)C)c1)N1CCC(OCCCOC)CC1. The average molecular weight is 409 g/mol. The van der Waals surface area contributed by atoms with Crippen LogP contribution >= 0.6 is 0 Å². The Kier molecular flexibility index (Phi) is 10.4. The van der Waals surface area contributed by atoms with Crippen molar-refractivity contribution in [2.75, 3.05) is 54.1 Å². The minimum Gasteiger partial charge on any atom is -0.385 e. The van der Waals surface area contributed by atoms with E-state index >= 15 is 0 Å². The number of hydrogen-bond acceptors (Lipinski definition) is 4. The molecule has 1 N–H and O–H groups in total. The van der Waals surface area contributed by atoms with Gasteiger partial charge < -0.3 is 24.6 Å². The van der Waals surface area contributed by atoms with Crippen LogP contribution in [0, 0.1) is 5.82 Å². The third-order valence-electron chi connectivity index (χ3n) is 4.93. The van der Waals surface area contributed by atoms with Crippen LogP contribution in [-0.4, -0.2) is 75.9 Å². The number of benzene rings is 1. The highest BCUT2D eigenvalue weighted by molar-refractivity contribution is 5.80. The fourth-order valence-corrected chi connectivity index (χ4v) is 3.47. The van der Waals surface area contributed by atoms with E-state index in [2.05, 4.69) is 17.1 Å². The number of rotatable bonds is 10. The summed E-state index contributed by atoms with van der Waals surface area (Å²) < 4.78 is 25.0. The van der Waals surface area contributed by atoms with Gasteiger partial charge in [-0.05, 0) is 58.0 Å². The highest BCUT2D eigenvalue weighted by Gasteiger charge is 2.21. The number of ether oxygens (including phenoxy) is 2. The Balaban J connectivity index is 1.92. The molecule has 0 spiro atoms. The lowest BCUT2D eigenvalue weighted by molar-refractivity contribution is 0.00990. The second-order valence-electron chi connectivity index (χ2n) is 7.74. The summed E-state index contributed by atoms with van der Waals surface area (Å²) in [6.07, 6.45) is 3.26. The molecule has 1 aromatic carbocycles. The van der Waals surface area contributed by atoms with Crippen molar-refractivity contribution in [3.63, 3.8) is 0 Å². The number of hydrogen-bond donors (Lipinski definition) is 1. The normalized spacial score (nSPS) is 15.9. The lowest BCUT2D eigenvalue weighted by atomic mass is 10.1. The minimum absolute atomic E-state index is 0.161. The van der Waals surface area contributed by atoms with E-state index in [1.165, 1.54) is 0 Å². The molecule has 0 saturated carbocycles. The second-order valence-corrected chi connectivity index (χ2v) is 7.74. The third kappa shape index (κ3) is 8.28. The summed E-state index contributed by atoms with van der Waals surface area (Å²) in [6, 6.07) is 5.28. The lowest BCUT2D eigenvalue weighted by Crippen LogP contribution is -2.47. The molecule has 1 aromatic rings. The zero-order chi connectivity index (χ0) is 21.1. The molecule has 2 rings (SSSR count). The van der Waals surface area contributed by atoms with Gasteiger partial charge in [-0.1, -0.05) is 6.07 Å². The van der Waals surface area contributed by atoms with E-state index in [9.17, 15) is 4.39 Å². The first-order valence-corrected chi connectivity index (χ1v) is 10.6. The number of nitrogens with one attached hydrogen (secondary N) is 1. The van der Waals surface area contributed by atoms with Crippen molar-refractivity contribution < 1.29 is 13.9 Å². The van der Waals surface area contributed by atoms with E-state index < -0.39 is 0 Å². The smallest absolute Gasteiger partial charge is 0.194 e. The van der Waals surface area contributed by atoms with Gasteiger partial charge in [0.1, 0.15) is 5.82 Å². The summed E-state index contributed by atoms with van der Waals surface area (Å²) in [5.74, 6) is 0.759. The van der Waals surface area contributed by atoms with Gasteiger partial charge in [0.25, 0.3) is 0 Å². The van der Waals surface area contributed by atoms with E-state index in [-0.39, 0.29) is 5.82 Å². The Labute approximate surface area is 175 Å². The molecule has 0 atom stereocenters. The molecule has 1 saturated heterocycles. The molecule has 0 amide bonds. The molecule has 7 heteroatoms. The van der Waals surface area contributed by atoms with Crippen molar-refractivity contribution >= 4 is 5.96 Å². The van der Waals surface area contributed by atoms with Crippen molar-refractivity contribution in [2.45, 2.75) is 45.4 Å². The summed E-state index contributed by atoms with van der Waals surface area (Å²) in [4.78, 5) is 9.07. The van der Waals surface area contributed by atoms with Crippen LogP contribution in [0.25, 0.3) is 0 Å². The van der Waals surface area contributed by atoms with E-state index in [0.717, 1.165) is 63.6 Å². The molecule has 29 heavy (non-hydrogen) atoms. The largest absolute Gasteiger partial charge is 0.385 e. The van der Waals surface area contributed by atoms with Crippen molar-refractivity contribution in [2.24, 2.45) is 4.99 Å². The monoisotopic (exact) mass is 408 g/mol. The quantitative estimate of drug-likeness (QED) is 0.367.